The van der Waals surface area contributed by atoms with Crippen LogP contribution in [0.5, 0.6) is 0 Å². The van der Waals surface area contributed by atoms with E-state index < -0.39 is 11.7 Å². The fraction of sp³-hybridized carbons (Fsp3) is 0.286. The van der Waals surface area contributed by atoms with Crippen molar-refractivity contribution in [3.8, 4) is 0 Å². The van der Waals surface area contributed by atoms with E-state index in [4.69, 9.17) is 11.6 Å². The van der Waals surface area contributed by atoms with E-state index in [2.05, 4.69) is 5.32 Å². The monoisotopic (exact) mass is 319 g/mol. The lowest BCUT2D eigenvalue weighted by atomic mass is 10.0. The average Bonchev–Trinajstić information content (AvgIpc) is 2.81. The van der Waals surface area contributed by atoms with Gasteiger partial charge in [-0.15, -0.1) is 11.3 Å². The number of benzene rings is 1. The van der Waals surface area contributed by atoms with Crippen molar-refractivity contribution in [3.63, 3.8) is 0 Å². The summed E-state index contributed by atoms with van der Waals surface area (Å²) in [5.41, 5.74) is 0.152. The van der Waals surface area contributed by atoms with Crippen LogP contribution in [0.4, 0.5) is 13.2 Å². The lowest BCUT2D eigenvalue weighted by Crippen LogP contribution is -2.21. The Morgan fingerprint density at radius 3 is 2.25 bits per heavy atom. The Morgan fingerprint density at radius 2 is 1.80 bits per heavy atom. The number of hydrogen-bond acceptors (Lipinski definition) is 2. The molecule has 2 aromatic rings. The van der Waals surface area contributed by atoms with Gasteiger partial charge in [0.15, 0.2) is 0 Å². The van der Waals surface area contributed by atoms with Gasteiger partial charge in [0.1, 0.15) is 0 Å². The predicted octanol–water partition coefficient (Wildman–Crippen LogP) is 5.12. The SMILES string of the molecule is CCNC(c1ccc(C(F)(F)F)cc1)c1ccc(Cl)s1. The van der Waals surface area contributed by atoms with Gasteiger partial charge in [-0.05, 0) is 36.4 Å². The highest BCUT2D eigenvalue weighted by Gasteiger charge is 2.30. The highest BCUT2D eigenvalue weighted by atomic mass is 35.5. The van der Waals surface area contributed by atoms with Crippen molar-refractivity contribution >= 4 is 22.9 Å². The molecular formula is C14H13ClF3NS. The van der Waals surface area contributed by atoms with E-state index in [0.29, 0.717) is 10.9 Å². The van der Waals surface area contributed by atoms with Gasteiger partial charge >= 0.3 is 6.18 Å². The fourth-order valence-electron chi connectivity index (χ4n) is 1.93. The van der Waals surface area contributed by atoms with Crippen molar-refractivity contribution in [1.29, 1.82) is 0 Å². The first kappa shape index (κ1) is 15.4. The van der Waals surface area contributed by atoms with E-state index in [1.807, 2.05) is 13.0 Å². The van der Waals surface area contributed by atoms with Crippen molar-refractivity contribution in [2.75, 3.05) is 6.54 Å². The van der Waals surface area contributed by atoms with Crippen molar-refractivity contribution in [3.05, 3.63) is 56.7 Å². The zero-order valence-electron chi connectivity index (χ0n) is 10.7. The quantitative estimate of drug-likeness (QED) is 0.824. The third-order valence-corrected chi connectivity index (χ3v) is 4.15. The molecule has 0 saturated heterocycles. The summed E-state index contributed by atoms with van der Waals surface area (Å²) in [5, 5.41) is 3.26. The van der Waals surface area contributed by atoms with Crippen molar-refractivity contribution in [2.45, 2.75) is 19.1 Å². The lowest BCUT2D eigenvalue weighted by Gasteiger charge is -2.17. The van der Waals surface area contributed by atoms with E-state index in [-0.39, 0.29) is 6.04 Å². The van der Waals surface area contributed by atoms with Gasteiger partial charge in [-0.25, -0.2) is 0 Å². The molecule has 108 valence electrons. The molecule has 0 spiro atoms. The van der Waals surface area contributed by atoms with Crippen LogP contribution >= 0.6 is 22.9 Å². The Morgan fingerprint density at radius 1 is 1.15 bits per heavy atom. The van der Waals surface area contributed by atoms with Crippen LogP contribution in [0, 0.1) is 0 Å². The van der Waals surface area contributed by atoms with E-state index in [1.165, 1.54) is 23.5 Å². The molecule has 1 aromatic heterocycles. The van der Waals surface area contributed by atoms with Gasteiger partial charge in [-0.2, -0.15) is 13.2 Å². The van der Waals surface area contributed by atoms with Crippen molar-refractivity contribution in [2.24, 2.45) is 0 Å². The second kappa shape index (κ2) is 6.16. The minimum Gasteiger partial charge on any atom is -0.306 e. The van der Waals surface area contributed by atoms with Gasteiger partial charge in [0.25, 0.3) is 0 Å². The highest BCUT2D eigenvalue weighted by molar-refractivity contribution is 7.16. The molecule has 1 nitrogen and oxygen atoms in total. The van der Waals surface area contributed by atoms with Gasteiger partial charge in [0.05, 0.1) is 15.9 Å². The summed E-state index contributed by atoms with van der Waals surface area (Å²) >= 11 is 7.34. The van der Waals surface area contributed by atoms with E-state index in [1.54, 1.807) is 6.07 Å². The molecular weight excluding hydrogens is 307 g/mol. The molecule has 1 atom stereocenters. The summed E-state index contributed by atoms with van der Waals surface area (Å²) in [6, 6.07) is 8.76. The zero-order valence-corrected chi connectivity index (χ0v) is 12.2. The standard InChI is InChI=1S/C14H13ClF3NS/c1-2-19-13(11-7-8-12(15)20-11)9-3-5-10(6-4-9)14(16,17)18/h3-8,13,19H,2H2,1H3. The van der Waals surface area contributed by atoms with Crippen molar-refractivity contribution in [1.82, 2.24) is 5.32 Å². The lowest BCUT2D eigenvalue weighted by molar-refractivity contribution is -0.137. The normalized spacial score (nSPS) is 13.4. The second-order valence-electron chi connectivity index (χ2n) is 4.25. The molecule has 0 fully saturated rings. The number of thiophene rings is 1. The third kappa shape index (κ3) is 3.53. The van der Waals surface area contributed by atoms with Crippen LogP contribution < -0.4 is 5.32 Å². The number of halogens is 4. The van der Waals surface area contributed by atoms with Crippen LogP contribution in [-0.4, -0.2) is 6.54 Å². The van der Waals surface area contributed by atoms with Gasteiger partial charge in [-0.1, -0.05) is 30.7 Å². The molecule has 0 radical (unpaired) electrons. The van der Waals surface area contributed by atoms with Crippen LogP contribution in [0.1, 0.15) is 29.0 Å². The molecule has 0 amide bonds. The predicted molar refractivity (Wildman–Crippen MR) is 76.3 cm³/mol. The molecule has 0 aliphatic heterocycles. The molecule has 1 heterocycles. The van der Waals surface area contributed by atoms with Gasteiger partial charge in [0.2, 0.25) is 0 Å². The number of alkyl halides is 3. The number of nitrogens with one attached hydrogen (secondary N) is 1. The van der Waals surface area contributed by atoms with Crippen LogP contribution in [-0.2, 0) is 6.18 Å². The molecule has 1 unspecified atom stereocenters. The third-order valence-electron chi connectivity index (χ3n) is 2.86. The summed E-state index contributed by atoms with van der Waals surface area (Å²) < 4.78 is 38.4. The minimum atomic E-state index is -4.31. The molecule has 6 heteroatoms. The summed E-state index contributed by atoms with van der Waals surface area (Å²) in [6.07, 6.45) is -4.31. The molecule has 0 aliphatic rings. The number of hydrogen-bond donors (Lipinski definition) is 1. The Labute approximate surface area is 124 Å². The largest absolute Gasteiger partial charge is 0.416 e. The Kier molecular flexibility index (Phi) is 4.73. The molecule has 2 rings (SSSR count). The summed E-state index contributed by atoms with van der Waals surface area (Å²) in [4.78, 5) is 0.983. The van der Waals surface area contributed by atoms with Gasteiger partial charge in [-0.3, -0.25) is 0 Å². The highest BCUT2D eigenvalue weighted by Crippen LogP contribution is 2.33. The first-order chi connectivity index (χ1) is 9.41. The van der Waals surface area contributed by atoms with Gasteiger partial charge < -0.3 is 5.32 Å². The summed E-state index contributed by atoms with van der Waals surface area (Å²) in [5.74, 6) is 0. The smallest absolute Gasteiger partial charge is 0.306 e. The second-order valence-corrected chi connectivity index (χ2v) is 6.00. The Hall–Kier alpha value is -1.04. The van der Waals surface area contributed by atoms with E-state index >= 15 is 0 Å². The fourth-order valence-corrected chi connectivity index (χ4v) is 3.10. The molecule has 1 aromatic carbocycles. The van der Waals surface area contributed by atoms with Crippen molar-refractivity contribution < 1.29 is 13.2 Å². The van der Waals surface area contributed by atoms with E-state index in [0.717, 1.165) is 22.6 Å². The molecule has 1 N–H and O–H groups in total. The molecule has 20 heavy (non-hydrogen) atoms. The topological polar surface area (TPSA) is 12.0 Å². The number of rotatable bonds is 4. The molecule has 0 saturated carbocycles. The Bertz CT molecular complexity index is 563. The van der Waals surface area contributed by atoms with Crippen LogP contribution in [0.2, 0.25) is 4.34 Å². The Balaban J connectivity index is 2.30. The maximum absolute atomic E-state index is 12.6. The van der Waals surface area contributed by atoms with Crippen LogP contribution in [0.15, 0.2) is 36.4 Å². The first-order valence-corrected chi connectivity index (χ1v) is 7.27. The molecule has 0 aliphatic carbocycles. The van der Waals surface area contributed by atoms with Gasteiger partial charge in [0, 0.05) is 4.88 Å². The minimum absolute atomic E-state index is 0.139. The van der Waals surface area contributed by atoms with Crippen LogP contribution in [0.3, 0.4) is 0 Å². The summed E-state index contributed by atoms with van der Waals surface area (Å²) in [6.45, 7) is 2.66. The van der Waals surface area contributed by atoms with Crippen LogP contribution in [0.25, 0.3) is 0 Å². The molecule has 0 bridgehead atoms. The maximum Gasteiger partial charge on any atom is 0.416 e. The maximum atomic E-state index is 12.6. The zero-order chi connectivity index (χ0) is 14.8. The first-order valence-electron chi connectivity index (χ1n) is 6.07. The summed E-state index contributed by atoms with van der Waals surface area (Å²) in [7, 11) is 0. The van der Waals surface area contributed by atoms with E-state index in [9.17, 15) is 13.2 Å². The average molecular weight is 320 g/mol.